The molecule has 0 rings (SSSR count). The highest BCUT2D eigenvalue weighted by Crippen LogP contribution is 2.13. The van der Waals surface area contributed by atoms with E-state index in [1.807, 2.05) is 0 Å². The van der Waals surface area contributed by atoms with Gasteiger partial charge in [-0.1, -0.05) is 20.3 Å². The zero-order chi connectivity index (χ0) is 10.3. The molecule has 0 fully saturated rings. The van der Waals surface area contributed by atoms with Crippen molar-refractivity contribution in [3.05, 3.63) is 0 Å². The van der Waals surface area contributed by atoms with Crippen molar-refractivity contribution in [3.8, 4) is 0 Å². The van der Waals surface area contributed by atoms with Crippen LogP contribution in [0.2, 0.25) is 0 Å². The fraction of sp³-hybridized carbons (Fsp3) is 1.00. The van der Waals surface area contributed by atoms with Gasteiger partial charge in [0.1, 0.15) is 0 Å². The van der Waals surface area contributed by atoms with E-state index in [1.54, 1.807) is 0 Å². The van der Waals surface area contributed by atoms with E-state index in [9.17, 15) is 0 Å². The Balaban J connectivity index is 3.71. The Morgan fingerprint density at radius 1 is 1.31 bits per heavy atom. The molecule has 0 saturated heterocycles. The van der Waals surface area contributed by atoms with E-state index in [1.165, 1.54) is 19.4 Å². The van der Waals surface area contributed by atoms with Gasteiger partial charge in [-0.3, -0.25) is 0 Å². The van der Waals surface area contributed by atoms with Crippen molar-refractivity contribution < 1.29 is 0 Å². The van der Waals surface area contributed by atoms with Gasteiger partial charge in [0.05, 0.1) is 0 Å². The van der Waals surface area contributed by atoms with Gasteiger partial charge in [0, 0.05) is 6.04 Å². The molecule has 0 heterocycles. The van der Waals surface area contributed by atoms with Crippen molar-refractivity contribution in [3.63, 3.8) is 0 Å². The lowest BCUT2D eigenvalue weighted by atomic mass is 9.94. The van der Waals surface area contributed by atoms with E-state index in [0.29, 0.717) is 6.04 Å². The third-order valence-corrected chi connectivity index (χ3v) is 3.11. The lowest BCUT2D eigenvalue weighted by Crippen LogP contribution is -2.32. The van der Waals surface area contributed by atoms with Crippen LogP contribution in [0.1, 0.15) is 33.6 Å². The normalized spacial score (nSPS) is 16.2. The highest BCUT2D eigenvalue weighted by Gasteiger charge is 2.13. The summed E-state index contributed by atoms with van der Waals surface area (Å²) in [6.07, 6.45) is 2.59. The average molecular weight is 186 g/mol. The van der Waals surface area contributed by atoms with E-state index in [-0.39, 0.29) is 0 Å². The maximum absolute atomic E-state index is 3.34. The largest absolute Gasteiger partial charge is 0.317 e. The third-order valence-electron chi connectivity index (χ3n) is 3.11. The van der Waals surface area contributed by atoms with Crippen molar-refractivity contribution in [2.75, 3.05) is 27.2 Å². The molecule has 0 aromatic carbocycles. The first-order valence-electron chi connectivity index (χ1n) is 5.51. The molecule has 2 atom stereocenters. The van der Waals surface area contributed by atoms with Gasteiger partial charge in [0.2, 0.25) is 0 Å². The molecule has 80 valence electrons. The Labute approximate surface area is 83.7 Å². The van der Waals surface area contributed by atoms with E-state index < -0.39 is 0 Å². The van der Waals surface area contributed by atoms with E-state index in [2.05, 4.69) is 45.1 Å². The molecule has 0 spiro atoms. The first-order valence-corrected chi connectivity index (χ1v) is 5.51. The third kappa shape index (κ3) is 5.27. The molecular formula is C11H26N2. The van der Waals surface area contributed by atoms with Crippen LogP contribution in [0.5, 0.6) is 0 Å². The summed E-state index contributed by atoms with van der Waals surface area (Å²) in [5, 5.41) is 3.34. The molecule has 0 aliphatic heterocycles. The summed E-state index contributed by atoms with van der Waals surface area (Å²) in [5.41, 5.74) is 0. The predicted octanol–water partition coefficient (Wildman–Crippen LogP) is 1.96. The van der Waals surface area contributed by atoms with E-state index in [4.69, 9.17) is 0 Å². The number of hydrogen-bond donors (Lipinski definition) is 1. The monoisotopic (exact) mass is 186 g/mol. The predicted molar refractivity (Wildman–Crippen MR) is 60.1 cm³/mol. The van der Waals surface area contributed by atoms with Crippen LogP contribution in [0, 0.1) is 5.92 Å². The van der Waals surface area contributed by atoms with Gasteiger partial charge in [-0.2, -0.15) is 0 Å². The van der Waals surface area contributed by atoms with Crippen molar-refractivity contribution in [1.82, 2.24) is 10.2 Å². The van der Waals surface area contributed by atoms with Gasteiger partial charge in [0.25, 0.3) is 0 Å². The summed E-state index contributed by atoms with van der Waals surface area (Å²) in [4.78, 5) is 2.38. The van der Waals surface area contributed by atoms with Crippen LogP contribution in [-0.2, 0) is 0 Å². The van der Waals surface area contributed by atoms with Crippen molar-refractivity contribution >= 4 is 0 Å². The Hall–Kier alpha value is -0.0800. The smallest absolute Gasteiger partial charge is 0.00643 e. The summed E-state index contributed by atoms with van der Waals surface area (Å²) in [6.45, 7) is 9.15. The molecule has 13 heavy (non-hydrogen) atoms. The molecule has 0 aromatic rings. The molecule has 0 aliphatic carbocycles. The zero-order valence-corrected chi connectivity index (χ0v) is 9.93. The van der Waals surface area contributed by atoms with Crippen LogP contribution in [-0.4, -0.2) is 38.1 Å². The summed E-state index contributed by atoms with van der Waals surface area (Å²) >= 11 is 0. The number of rotatable bonds is 7. The number of hydrogen-bond acceptors (Lipinski definition) is 2. The van der Waals surface area contributed by atoms with Crippen LogP contribution in [0.15, 0.2) is 0 Å². The molecule has 0 amide bonds. The highest BCUT2D eigenvalue weighted by molar-refractivity contribution is 4.70. The Bertz CT molecular complexity index is 115. The van der Waals surface area contributed by atoms with Crippen LogP contribution in [0.3, 0.4) is 0 Å². The van der Waals surface area contributed by atoms with E-state index in [0.717, 1.165) is 12.5 Å². The topological polar surface area (TPSA) is 15.3 Å². The maximum Gasteiger partial charge on any atom is 0.00643 e. The Morgan fingerprint density at radius 3 is 2.31 bits per heavy atom. The minimum Gasteiger partial charge on any atom is -0.317 e. The lowest BCUT2D eigenvalue weighted by Gasteiger charge is -2.24. The van der Waals surface area contributed by atoms with Crippen LogP contribution < -0.4 is 5.32 Å². The van der Waals surface area contributed by atoms with Gasteiger partial charge >= 0.3 is 0 Å². The SMILES string of the molecule is CCC(CCN(C)CC)C(C)NC. The van der Waals surface area contributed by atoms with Crippen molar-refractivity contribution in [1.29, 1.82) is 0 Å². The van der Waals surface area contributed by atoms with Crippen molar-refractivity contribution in [2.24, 2.45) is 5.92 Å². The standard InChI is InChI=1S/C11H26N2/c1-6-11(10(3)12-4)8-9-13(5)7-2/h10-12H,6-9H2,1-5H3. The molecule has 2 nitrogen and oxygen atoms in total. The average Bonchev–Trinajstić information content (AvgIpc) is 2.17. The van der Waals surface area contributed by atoms with Crippen molar-refractivity contribution in [2.45, 2.75) is 39.7 Å². The maximum atomic E-state index is 3.34. The van der Waals surface area contributed by atoms with Gasteiger partial charge in [-0.05, 0) is 46.4 Å². The van der Waals surface area contributed by atoms with Gasteiger partial charge in [0.15, 0.2) is 0 Å². The molecule has 0 aromatic heterocycles. The quantitative estimate of drug-likeness (QED) is 0.654. The van der Waals surface area contributed by atoms with Gasteiger partial charge in [-0.15, -0.1) is 0 Å². The fourth-order valence-electron chi connectivity index (χ4n) is 1.59. The van der Waals surface area contributed by atoms with Gasteiger partial charge < -0.3 is 10.2 Å². The molecule has 1 N–H and O–H groups in total. The summed E-state index contributed by atoms with van der Waals surface area (Å²) < 4.78 is 0. The fourth-order valence-corrected chi connectivity index (χ4v) is 1.59. The first-order chi connectivity index (χ1) is 6.15. The molecular weight excluding hydrogens is 160 g/mol. The molecule has 2 heteroatoms. The molecule has 0 saturated carbocycles. The van der Waals surface area contributed by atoms with E-state index >= 15 is 0 Å². The molecule has 0 aliphatic rings. The second kappa shape index (κ2) is 7.34. The van der Waals surface area contributed by atoms with Crippen LogP contribution in [0.4, 0.5) is 0 Å². The summed E-state index contributed by atoms with van der Waals surface area (Å²) in [5.74, 6) is 0.819. The number of nitrogens with one attached hydrogen (secondary N) is 1. The Morgan fingerprint density at radius 2 is 1.92 bits per heavy atom. The summed E-state index contributed by atoms with van der Waals surface area (Å²) in [6, 6.07) is 0.648. The second-order valence-electron chi connectivity index (χ2n) is 3.93. The molecule has 2 unspecified atom stereocenters. The second-order valence-corrected chi connectivity index (χ2v) is 3.93. The zero-order valence-electron chi connectivity index (χ0n) is 9.93. The molecule has 0 bridgehead atoms. The molecule has 0 radical (unpaired) electrons. The van der Waals surface area contributed by atoms with Crippen LogP contribution in [0.25, 0.3) is 0 Å². The lowest BCUT2D eigenvalue weighted by molar-refractivity contribution is 0.279. The Kier molecular flexibility index (Phi) is 7.29. The highest BCUT2D eigenvalue weighted by atomic mass is 15.1. The van der Waals surface area contributed by atoms with Gasteiger partial charge in [-0.25, -0.2) is 0 Å². The minimum atomic E-state index is 0.648. The minimum absolute atomic E-state index is 0.648. The summed E-state index contributed by atoms with van der Waals surface area (Å²) in [7, 11) is 4.24. The number of nitrogens with zero attached hydrogens (tertiary/aromatic N) is 1. The first kappa shape index (κ1) is 12.9. The van der Waals surface area contributed by atoms with Crippen LogP contribution >= 0.6 is 0 Å².